The molecule has 1 rings (SSSR count). The minimum atomic E-state index is -0.329. The van der Waals surface area contributed by atoms with Crippen molar-refractivity contribution in [2.75, 3.05) is 26.7 Å². The van der Waals surface area contributed by atoms with Gasteiger partial charge >= 0.3 is 0 Å². The standard InChI is InChI=1S/C14H18FNO/c1-3-10-16(2)11-6-7-12-17-14-9-5-4-8-13(14)15/h3-9H,1,10-12H2,2H3. The average Bonchev–Trinajstić information content (AvgIpc) is 2.31. The fraction of sp³-hybridized carbons (Fsp3) is 0.286. The molecular formula is C14H18FNO. The molecule has 0 spiro atoms. The van der Waals surface area contributed by atoms with Crippen LogP contribution in [0, 0.1) is 5.82 Å². The molecule has 0 unspecified atom stereocenters. The molecular weight excluding hydrogens is 217 g/mol. The second-order valence-corrected chi connectivity index (χ2v) is 3.72. The third-order valence-electron chi connectivity index (χ3n) is 2.20. The maximum atomic E-state index is 13.2. The van der Waals surface area contributed by atoms with E-state index in [9.17, 15) is 4.39 Å². The largest absolute Gasteiger partial charge is 0.486 e. The van der Waals surface area contributed by atoms with Crippen LogP contribution in [0.4, 0.5) is 4.39 Å². The second kappa shape index (κ2) is 7.63. The van der Waals surface area contributed by atoms with Gasteiger partial charge in [-0.1, -0.05) is 30.4 Å². The number of hydrogen-bond acceptors (Lipinski definition) is 2. The van der Waals surface area contributed by atoms with E-state index in [4.69, 9.17) is 4.74 Å². The minimum Gasteiger partial charge on any atom is -0.486 e. The van der Waals surface area contributed by atoms with Crippen LogP contribution in [0.25, 0.3) is 0 Å². The van der Waals surface area contributed by atoms with Crippen molar-refractivity contribution in [3.8, 4) is 5.75 Å². The topological polar surface area (TPSA) is 12.5 Å². The van der Waals surface area contributed by atoms with Gasteiger partial charge in [0.15, 0.2) is 11.6 Å². The number of ether oxygens (including phenoxy) is 1. The number of para-hydroxylation sites is 1. The number of benzene rings is 1. The number of rotatable bonds is 7. The molecule has 0 saturated carbocycles. The predicted octanol–water partition coefficient (Wildman–Crippen LogP) is 2.88. The fourth-order valence-electron chi connectivity index (χ4n) is 1.32. The van der Waals surface area contributed by atoms with Gasteiger partial charge < -0.3 is 4.74 Å². The zero-order chi connectivity index (χ0) is 12.5. The Bertz CT molecular complexity index is 376. The maximum absolute atomic E-state index is 13.2. The van der Waals surface area contributed by atoms with Crippen molar-refractivity contribution in [1.82, 2.24) is 4.90 Å². The van der Waals surface area contributed by atoms with Gasteiger partial charge in [0.1, 0.15) is 6.61 Å². The van der Waals surface area contributed by atoms with Crippen LogP contribution in [-0.4, -0.2) is 31.6 Å². The minimum absolute atomic E-state index is 0.289. The second-order valence-electron chi connectivity index (χ2n) is 3.72. The highest BCUT2D eigenvalue weighted by molar-refractivity contribution is 5.23. The van der Waals surface area contributed by atoms with Crippen LogP contribution in [0.5, 0.6) is 5.75 Å². The molecule has 0 aliphatic carbocycles. The summed E-state index contributed by atoms with van der Waals surface area (Å²) in [6.07, 6.45) is 5.72. The molecule has 17 heavy (non-hydrogen) atoms. The van der Waals surface area contributed by atoms with Crippen LogP contribution < -0.4 is 4.74 Å². The zero-order valence-corrected chi connectivity index (χ0v) is 10.1. The van der Waals surface area contributed by atoms with Gasteiger partial charge in [-0.2, -0.15) is 0 Å². The Morgan fingerprint density at radius 3 is 2.76 bits per heavy atom. The summed E-state index contributed by atoms with van der Waals surface area (Å²) in [5.41, 5.74) is 0. The van der Waals surface area contributed by atoms with Gasteiger partial charge in [0.2, 0.25) is 0 Å². The van der Waals surface area contributed by atoms with E-state index in [1.54, 1.807) is 18.2 Å². The molecule has 0 radical (unpaired) electrons. The normalized spacial score (nSPS) is 11.0. The van der Waals surface area contributed by atoms with Gasteiger partial charge in [0, 0.05) is 13.1 Å². The number of halogens is 1. The smallest absolute Gasteiger partial charge is 0.165 e. The third-order valence-corrected chi connectivity index (χ3v) is 2.20. The van der Waals surface area contributed by atoms with E-state index in [1.165, 1.54) is 6.07 Å². The van der Waals surface area contributed by atoms with E-state index in [2.05, 4.69) is 11.5 Å². The number of likely N-dealkylation sites (N-methyl/N-ethyl adjacent to an activating group) is 1. The lowest BCUT2D eigenvalue weighted by molar-refractivity contribution is 0.340. The van der Waals surface area contributed by atoms with Crippen molar-refractivity contribution in [1.29, 1.82) is 0 Å². The van der Waals surface area contributed by atoms with Crippen molar-refractivity contribution in [2.45, 2.75) is 0 Å². The lowest BCUT2D eigenvalue weighted by Gasteiger charge is -2.10. The molecule has 0 bridgehead atoms. The van der Waals surface area contributed by atoms with Gasteiger partial charge in [-0.25, -0.2) is 4.39 Å². The summed E-state index contributed by atoms with van der Waals surface area (Å²) < 4.78 is 18.4. The van der Waals surface area contributed by atoms with E-state index in [-0.39, 0.29) is 11.6 Å². The van der Waals surface area contributed by atoms with Gasteiger partial charge in [-0.15, -0.1) is 6.58 Å². The first-order valence-corrected chi connectivity index (χ1v) is 5.56. The Balaban J connectivity index is 2.26. The van der Waals surface area contributed by atoms with Crippen molar-refractivity contribution < 1.29 is 9.13 Å². The Morgan fingerprint density at radius 1 is 1.29 bits per heavy atom. The van der Waals surface area contributed by atoms with E-state index < -0.39 is 0 Å². The molecule has 0 aliphatic rings. The SMILES string of the molecule is C=CCN(C)CC=CCOc1ccccc1F. The van der Waals surface area contributed by atoms with E-state index in [1.807, 2.05) is 25.3 Å². The van der Waals surface area contributed by atoms with E-state index in [0.29, 0.717) is 6.61 Å². The average molecular weight is 235 g/mol. The summed E-state index contributed by atoms with van der Waals surface area (Å²) in [6, 6.07) is 6.40. The molecule has 0 aliphatic heterocycles. The van der Waals surface area contributed by atoms with Crippen LogP contribution in [0.3, 0.4) is 0 Å². The van der Waals surface area contributed by atoms with Gasteiger partial charge in [-0.3, -0.25) is 4.90 Å². The highest BCUT2D eigenvalue weighted by Gasteiger charge is 1.98. The Kier molecular flexibility index (Phi) is 6.04. The highest BCUT2D eigenvalue weighted by Crippen LogP contribution is 2.14. The molecule has 0 amide bonds. The summed E-state index contributed by atoms with van der Waals surface area (Å²) in [6.45, 7) is 5.71. The lowest BCUT2D eigenvalue weighted by atomic mass is 10.3. The lowest BCUT2D eigenvalue weighted by Crippen LogP contribution is -2.17. The molecule has 0 N–H and O–H groups in total. The van der Waals surface area contributed by atoms with Crippen molar-refractivity contribution in [3.05, 3.63) is 54.9 Å². The first-order valence-electron chi connectivity index (χ1n) is 5.56. The maximum Gasteiger partial charge on any atom is 0.165 e. The van der Waals surface area contributed by atoms with Crippen LogP contribution in [-0.2, 0) is 0 Å². The van der Waals surface area contributed by atoms with Crippen LogP contribution in [0.2, 0.25) is 0 Å². The molecule has 3 heteroatoms. The third kappa shape index (κ3) is 5.31. The fourth-order valence-corrected chi connectivity index (χ4v) is 1.32. The summed E-state index contributed by atoms with van der Waals surface area (Å²) in [5.74, 6) is -0.0405. The molecule has 0 saturated heterocycles. The molecule has 0 atom stereocenters. The molecule has 0 fully saturated rings. The quantitative estimate of drug-likeness (QED) is 0.674. The van der Waals surface area contributed by atoms with Crippen molar-refractivity contribution in [3.63, 3.8) is 0 Å². The molecule has 1 aromatic carbocycles. The number of hydrogen-bond donors (Lipinski definition) is 0. The first kappa shape index (κ1) is 13.5. The Labute approximate surface area is 102 Å². The molecule has 0 heterocycles. The van der Waals surface area contributed by atoms with Crippen LogP contribution >= 0.6 is 0 Å². The Hall–Kier alpha value is -1.61. The molecule has 2 nitrogen and oxygen atoms in total. The zero-order valence-electron chi connectivity index (χ0n) is 10.1. The summed E-state index contributed by atoms with van der Waals surface area (Å²) in [5, 5.41) is 0. The summed E-state index contributed by atoms with van der Waals surface area (Å²) in [4.78, 5) is 2.10. The van der Waals surface area contributed by atoms with E-state index >= 15 is 0 Å². The Morgan fingerprint density at radius 2 is 2.06 bits per heavy atom. The van der Waals surface area contributed by atoms with Gasteiger partial charge in [0.05, 0.1) is 0 Å². The first-order chi connectivity index (χ1) is 8.24. The number of nitrogens with zero attached hydrogens (tertiary/aromatic N) is 1. The highest BCUT2D eigenvalue weighted by atomic mass is 19.1. The van der Waals surface area contributed by atoms with Gasteiger partial charge in [-0.05, 0) is 19.2 Å². The monoisotopic (exact) mass is 235 g/mol. The predicted molar refractivity (Wildman–Crippen MR) is 68.7 cm³/mol. The molecule has 1 aromatic rings. The van der Waals surface area contributed by atoms with Crippen LogP contribution in [0.1, 0.15) is 0 Å². The molecule has 0 aromatic heterocycles. The van der Waals surface area contributed by atoms with Crippen molar-refractivity contribution in [2.24, 2.45) is 0 Å². The van der Waals surface area contributed by atoms with Crippen molar-refractivity contribution >= 4 is 0 Å². The van der Waals surface area contributed by atoms with E-state index in [0.717, 1.165) is 13.1 Å². The summed E-state index contributed by atoms with van der Waals surface area (Å²) >= 11 is 0. The summed E-state index contributed by atoms with van der Waals surface area (Å²) in [7, 11) is 2.00. The molecule has 92 valence electrons. The van der Waals surface area contributed by atoms with Gasteiger partial charge in [0.25, 0.3) is 0 Å². The van der Waals surface area contributed by atoms with Crippen LogP contribution in [0.15, 0.2) is 49.1 Å².